The number of aromatic nitrogens is 2. The van der Waals surface area contributed by atoms with Crippen LogP contribution in [0.15, 0.2) is 71.5 Å². The number of halogens is 1. The molecule has 32 heavy (non-hydrogen) atoms. The molecule has 0 saturated heterocycles. The molecule has 3 aromatic carbocycles. The first kappa shape index (κ1) is 21.9. The molecule has 0 amide bonds. The maximum atomic E-state index is 13.5. The van der Waals surface area contributed by atoms with Crippen molar-refractivity contribution in [3.05, 3.63) is 98.9 Å². The highest BCUT2D eigenvalue weighted by Crippen LogP contribution is 2.23. The van der Waals surface area contributed by atoms with Gasteiger partial charge in [-0.3, -0.25) is 9.13 Å². The molecule has 4 aromatic rings. The molecule has 6 heteroatoms. The van der Waals surface area contributed by atoms with E-state index in [2.05, 4.69) is 19.1 Å². The Morgan fingerprint density at radius 2 is 1.75 bits per heavy atom. The van der Waals surface area contributed by atoms with Gasteiger partial charge in [-0.1, -0.05) is 49.2 Å². The van der Waals surface area contributed by atoms with Crippen LogP contribution < -0.4 is 5.69 Å². The maximum Gasteiger partial charge on any atom is 0.337 e. The molecular weight excluding hydrogens is 424 g/mol. The standard InChI is InChI=1S/C26H25ClN2O3/c1-3-4-6-18-9-12-22(13-10-18)29-24-16-21(27)11-14-23(24)28(26(29)31)17-19-7-5-8-20(15-19)25(30)32-2/h5,7-16H,3-4,6,17H2,1-2H3. The summed E-state index contributed by atoms with van der Waals surface area (Å²) in [5, 5.41) is 0.565. The zero-order valence-electron chi connectivity index (χ0n) is 18.2. The third-order valence-electron chi connectivity index (χ3n) is 5.59. The van der Waals surface area contributed by atoms with Crippen molar-refractivity contribution in [1.29, 1.82) is 0 Å². The Labute approximate surface area is 191 Å². The van der Waals surface area contributed by atoms with Crippen LogP contribution in [0.25, 0.3) is 16.7 Å². The molecule has 164 valence electrons. The van der Waals surface area contributed by atoms with Gasteiger partial charge in [-0.2, -0.15) is 0 Å². The van der Waals surface area contributed by atoms with Crippen LogP contribution in [0.3, 0.4) is 0 Å². The number of ether oxygens (including phenoxy) is 1. The van der Waals surface area contributed by atoms with E-state index in [0.29, 0.717) is 17.1 Å². The van der Waals surface area contributed by atoms with Crippen molar-refractivity contribution in [3.8, 4) is 5.69 Å². The van der Waals surface area contributed by atoms with Gasteiger partial charge in [0, 0.05) is 5.02 Å². The first-order valence-electron chi connectivity index (χ1n) is 10.7. The highest BCUT2D eigenvalue weighted by Gasteiger charge is 2.16. The average molecular weight is 449 g/mol. The Morgan fingerprint density at radius 1 is 0.969 bits per heavy atom. The van der Waals surface area contributed by atoms with Crippen molar-refractivity contribution in [2.45, 2.75) is 32.7 Å². The highest BCUT2D eigenvalue weighted by molar-refractivity contribution is 6.31. The quantitative estimate of drug-likeness (QED) is 0.344. The zero-order chi connectivity index (χ0) is 22.7. The molecule has 0 N–H and O–H groups in total. The minimum Gasteiger partial charge on any atom is -0.465 e. The number of fused-ring (bicyclic) bond motifs is 1. The van der Waals surface area contributed by atoms with Crippen molar-refractivity contribution < 1.29 is 9.53 Å². The number of nitrogens with zero attached hydrogens (tertiary/aromatic N) is 2. The molecule has 1 heterocycles. The van der Waals surface area contributed by atoms with Crippen LogP contribution in [0.1, 0.15) is 41.3 Å². The fourth-order valence-electron chi connectivity index (χ4n) is 3.92. The summed E-state index contributed by atoms with van der Waals surface area (Å²) in [4.78, 5) is 25.4. The largest absolute Gasteiger partial charge is 0.465 e. The summed E-state index contributed by atoms with van der Waals surface area (Å²) in [5.41, 5.74) is 4.69. The predicted octanol–water partition coefficient (Wildman–Crippen LogP) is 5.62. The van der Waals surface area contributed by atoms with Crippen LogP contribution in [-0.4, -0.2) is 22.2 Å². The van der Waals surface area contributed by atoms with E-state index < -0.39 is 5.97 Å². The molecule has 0 radical (unpaired) electrons. The highest BCUT2D eigenvalue weighted by atomic mass is 35.5. The van der Waals surface area contributed by atoms with Crippen LogP contribution in [0, 0.1) is 0 Å². The SMILES string of the molecule is CCCCc1ccc(-n2c(=O)n(Cc3cccc(C(=O)OC)c3)c3ccc(Cl)cc32)cc1. The Hall–Kier alpha value is -3.31. The molecule has 0 aliphatic rings. The van der Waals surface area contributed by atoms with E-state index in [-0.39, 0.29) is 5.69 Å². The lowest BCUT2D eigenvalue weighted by Gasteiger charge is -2.06. The molecular formula is C26H25ClN2O3. The third kappa shape index (κ3) is 4.34. The second-order valence-corrected chi connectivity index (χ2v) is 8.24. The van der Waals surface area contributed by atoms with E-state index in [1.807, 2.05) is 30.3 Å². The van der Waals surface area contributed by atoms with E-state index in [0.717, 1.165) is 41.5 Å². The van der Waals surface area contributed by atoms with Crippen molar-refractivity contribution in [3.63, 3.8) is 0 Å². The Kier molecular flexibility index (Phi) is 6.47. The Balaban J connectivity index is 1.79. The number of carbonyl (C=O) groups is 1. The van der Waals surface area contributed by atoms with E-state index >= 15 is 0 Å². The molecule has 0 saturated carbocycles. The monoisotopic (exact) mass is 448 g/mol. The number of hydrogen-bond donors (Lipinski definition) is 0. The molecule has 0 bridgehead atoms. The van der Waals surface area contributed by atoms with Crippen molar-refractivity contribution in [2.75, 3.05) is 7.11 Å². The zero-order valence-corrected chi connectivity index (χ0v) is 18.9. The van der Waals surface area contributed by atoms with Crippen molar-refractivity contribution in [2.24, 2.45) is 0 Å². The Bertz CT molecular complexity index is 1320. The molecule has 5 nitrogen and oxygen atoms in total. The number of esters is 1. The van der Waals surface area contributed by atoms with E-state index in [1.54, 1.807) is 33.4 Å². The lowest BCUT2D eigenvalue weighted by atomic mass is 10.1. The van der Waals surface area contributed by atoms with Gasteiger partial charge < -0.3 is 4.74 Å². The van der Waals surface area contributed by atoms with Gasteiger partial charge in [-0.05, 0) is 66.4 Å². The Morgan fingerprint density at radius 3 is 2.47 bits per heavy atom. The number of aryl methyl sites for hydroxylation is 1. The van der Waals surface area contributed by atoms with Gasteiger partial charge in [-0.15, -0.1) is 0 Å². The van der Waals surface area contributed by atoms with Gasteiger partial charge in [0.05, 0.1) is 35.9 Å². The molecule has 4 rings (SSSR count). The van der Waals surface area contributed by atoms with Crippen molar-refractivity contribution in [1.82, 2.24) is 9.13 Å². The van der Waals surface area contributed by atoms with Crippen LogP contribution in [-0.2, 0) is 17.7 Å². The first-order chi connectivity index (χ1) is 15.5. The van der Waals surface area contributed by atoms with Gasteiger partial charge in [0.15, 0.2) is 0 Å². The van der Waals surface area contributed by atoms with Crippen LogP contribution in [0.2, 0.25) is 5.02 Å². The van der Waals surface area contributed by atoms with Crippen LogP contribution in [0.4, 0.5) is 0 Å². The molecule has 0 spiro atoms. The maximum absolute atomic E-state index is 13.5. The first-order valence-corrected chi connectivity index (χ1v) is 11.1. The average Bonchev–Trinajstić information content (AvgIpc) is 3.08. The number of benzene rings is 3. The second kappa shape index (κ2) is 9.45. The normalized spacial score (nSPS) is 11.1. The van der Waals surface area contributed by atoms with E-state index in [1.165, 1.54) is 12.7 Å². The van der Waals surface area contributed by atoms with Gasteiger partial charge in [-0.25, -0.2) is 9.59 Å². The smallest absolute Gasteiger partial charge is 0.337 e. The van der Waals surface area contributed by atoms with Crippen molar-refractivity contribution >= 4 is 28.6 Å². The van der Waals surface area contributed by atoms with Gasteiger partial charge in [0.25, 0.3) is 0 Å². The summed E-state index contributed by atoms with van der Waals surface area (Å²) in [7, 11) is 1.35. The number of unbranched alkanes of at least 4 members (excludes halogenated alkanes) is 1. The topological polar surface area (TPSA) is 53.2 Å². The van der Waals surface area contributed by atoms with E-state index in [9.17, 15) is 9.59 Å². The summed E-state index contributed by atoms with van der Waals surface area (Å²) in [6.45, 7) is 2.50. The fraction of sp³-hybridized carbons (Fsp3) is 0.231. The molecule has 0 unspecified atom stereocenters. The number of imidazole rings is 1. The lowest BCUT2D eigenvalue weighted by molar-refractivity contribution is 0.0600. The fourth-order valence-corrected chi connectivity index (χ4v) is 4.09. The van der Waals surface area contributed by atoms with Crippen LogP contribution in [0.5, 0.6) is 0 Å². The molecule has 0 aliphatic carbocycles. The summed E-state index contributed by atoms with van der Waals surface area (Å²) in [6.07, 6.45) is 3.30. The molecule has 0 fully saturated rings. The summed E-state index contributed by atoms with van der Waals surface area (Å²) in [6, 6.07) is 20.7. The summed E-state index contributed by atoms with van der Waals surface area (Å²) < 4.78 is 8.21. The number of rotatable bonds is 7. The predicted molar refractivity (Wildman–Crippen MR) is 128 cm³/mol. The van der Waals surface area contributed by atoms with Crippen LogP contribution >= 0.6 is 11.6 Å². The number of methoxy groups -OCH3 is 1. The minimum absolute atomic E-state index is 0.160. The third-order valence-corrected chi connectivity index (χ3v) is 5.83. The molecule has 1 aromatic heterocycles. The number of carbonyl (C=O) groups excluding carboxylic acids is 1. The number of hydrogen-bond acceptors (Lipinski definition) is 3. The minimum atomic E-state index is -0.406. The van der Waals surface area contributed by atoms with Gasteiger partial charge >= 0.3 is 11.7 Å². The molecule has 0 aliphatic heterocycles. The van der Waals surface area contributed by atoms with Gasteiger partial charge in [0.2, 0.25) is 0 Å². The second-order valence-electron chi connectivity index (χ2n) is 7.80. The summed E-state index contributed by atoms with van der Waals surface area (Å²) in [5.74, 6) is -0.406. The lowest BCUT2D eigenvalue weighted by Crippen LogP contribution is -2.23. The molecule has 0 atom stereocenters. The summed E-state index contributed by atoms with van der Waals surface area (Å²) >= 11 is 6.28. The van der Waals surface area contributed by atoms with Gasteiger partial charge in [0.1, 0.15) is 0 Å². The van der Waals surface area contributed by atoms with E-state index in [4.69, 9.17) is 16.3 Å².